The summed E-state index contributed by atoms with van der Waals surface area (Å²) in [6.45, 7) is 0.00287. The van der Waals surface area contributed by atoms with Crippen LogP contribution in [0.1, 0.15) is 5.56 Å². The van der Waals surface area contributed by atoms with Crippen molar-refractivity contribution in [2.75, 3.05) is 0 Å². The Morgan fingerprint density at radius 2 is 2.31 bits per heavy atom. The van der Waals surface area contributed by atoms with E-state index in [2.05, 4.69) is 28.7 Å². The molecule has 1 aromatic carbocycles. The van der Waals surface area contributed by atoms with E-state index < -0.39 is 0 Å². The van der Waals surface area contributed by atoms with E-state index in [4.69, 9.17) is 16.7 Å². The van der Waals surface area contributed by atoms with Crippen LogP contribution in [0, 0.1) is 3.57 Å². The van der Waals surface area contributed by atoms with Crippen LogP contribution in [-0.4, -0.2) is 5.11 Å². The predicted octanol–water partition coefficient (Wildman–Crippen LogP) is 3.65. The van der Waals surface area contributed by atoms with Gasteiger partial charge in [0.1, 0.15) is 0 Å². The lowest BCUT2D eigenvalue weighted by Gasteiger charge is -2.04. The molecule has 4 heteroatoms. The van der Waals surface area contributed by atoms with Gasteiger partial charge in [-0.15, -0.1) is 11.3 Å². The minimum absolute atomic E-state index is 0.00287. The van der Waals surface area contributed by atoms with Crippen molar-refractivity contribution in [1.29, 1.82) is 0 Å². The smallest absolute Gasteiger partial charge is 0.0707 e. The van der Waals surface area contributed by atoms with Crippen LogP contribution in [0.4, 0.5) is 0 Å². The van der Waals surface area contributed by atoms with Gasteiger partial charge in [-0.2, -0.15) is 0 Å². The lowest BCUT2D eigenvalue weighted by atomic mass is 10.2. The van der Waals surface area contributed by atoms with E-state index in [1.807, 2.05) is 11.4 Å². The SMILES string of the molecule is OCc1c(I)cc2sccc2c1Cl. The molecular weight excluding hydrogens is 319 g/mol. The molecule has 1 N–H and O–H groups in total. The molecule has 0 saturated carbocycles. The Labute approximate surface area is 98.5 Å². The van der Waals surface area contributed by atoms with Crippen LogP contribution in [0.5, 0.6) is 0 Å². The van der Waals surface area contributed by atoms with Gasteiger partial charge in [-0.1, -0.05) is 11.6 Å². The highest BCUT2D eigenvalue weighted by Gasteiger charge is 2.09. The average Bonchev–Trinajstić information content (AvgIpc) is 2.53. The Bertz CT molecular complexity index is 452. The van der Waals surface area contributed by atoms with Crippen molar-refractivity contribution in [2.24, 2.45) is 0 Å². The molecule has 2 aromatic rings. The van der Waals surface area contributed by atoms with Crippen LogP contribution in [-0.2, 0) is 6.61 Å². The van der Waals surface area contributed by atoms with Gasteiger partial charge in [0.2, 0.25) is 0 Å². The molecule has 1 aromatic heterocycles. The van der Waals surface area contributed by atoms with E-state index in [1.54, 1.807) is 11.3 Å². The second-order valence-corrected chi connectivity index (χ2v) is 5.13. The monoisotopic (exact) mass is 324 g/mol. The minimum Gasteiger partial charge on any atom is -0.392 e. The van der Waals surface area contributed by atoms with Crippen LogP contribution in [0.25, 0.3) is 10.1 Å². The molecule has 1 heterocycles. The van der Waals surface area contributed by atoms with Gasteiger partial charge in [-0.05, 0) is 40.1 Å². The van der Waals surface area contributed by atoms with Gasteiger partial charge in [0.15, 0.2) is 0 Å². The first-order chi connectivity index (χ1) is 6.24. The predicted molar refractivity (Wildman–Crippen MR) is 65.5 cm³/mol. The topological polar surface area (TPSA) is 20.2 Å². The first-order valence-electron chi connectivity index (χ1n) is 3.69. The van der Waals surface area contributed by atoms with Crippen molar-refractivity contribution in [2.45, 2.75) is 6.61 Å². The summed E-state index contributed by atoms with van der Waals surface area (Å²) < 4.78 is 2.20. The number of aliphatic hydroxyl groups excluding tert-OH is 1. The second-order valence-electron chi connectivity index (χ2n) is 2.64. The zero-order valence-corrected chi connectivity index (χ0v) is 10.3. The largest absolute Gasteiger partial charge is 0.392 e. The quantitative estimate of drug-likeness (QED) is 0.794. The molecule has 0 amide bonds. The minimum atomic E-state index is 0.00287. The summed E-state index contributed by atoms with van der Waals surface area (Å²) in [5.74, 6) is 0. The van der Waals surface area contributed by atoms with Gasteiger partial charge in [-0.25, -0.2) is 0 Å². The van der Waals surface area contributed by atoms with Gasteiger partial charge in [0.25, 0.3) is 0 Å². The van der Waals surface area contributed by atoms with Gasteiger partial charge >= 0.3 is 0 Å². The zero-order chi connectivity index (χ0) is 9.42. The fourth-order valence-corrected chi connectivity index (χ4v) is 3.57. The van der Waals surface area contributed by atoms with Crippen LogP contribution >= 0.6 is 45.5 Å². The number of thiophene rings is 1. The number of rotatable bonds is 1. The Hall–Kier alpha value is 0.160. The molecule has 0 radical (unpaired) electrons. The number of hydrogen-bond acceptors (Lipinski definition) is 2. The molecule has 2 rings (SSSR count). The maximum absolute atomic E-state index is 9.11. The summed E-state index contributed by atoms with van der Waals surface area (Å²) in [6, 6.07) is 4.04. The molecule has 1 nitrogen and oxygen atoms in total. The van der Waals surface area contributed by atoms with Crippen LogP contribution < -0.4 is 0 Å². The Kier molecular flexibility index (Phi) is 2.78. The van der Waals surface area contributed by atoms with Crippen LogP contribution in [0.15, 0.2) is 17.5 Å². The highest BCUT2D eigenvalue weighted by atomic mass is 127. The van der Waals surface area contributed by atoms with Gasteiger partial charge in [0, 0.05) is 19.2 Å². The second kappa shape index (κ2) is 3.73. The summed E-state index contributed by atoms with van der Waals surface area (Å²) >= 11 is 9.99. The zero-order valence-electron chi connectivity index (χ0n) is 6.55. The highest BCUT2D eigenvalue weighted by molar-refractivity contribution is 14.1. The maximum atomic E-state index is 9.11. The third kappa shape index (κ3) is 1.58. The van der Waals surface area contributed by atoms with Crippen molar-refractivity contribution in [1.82, 2.24) is 0 Å². The molecule has 0 spiro atoms. The van der Waals surface area contributed by atoms with E-state index in [9.17, 15) is 0 Å². The molecule has 0 aliphatic heterocycles. The number of halogens is 2. The summed E-state index contributed by atoms with van der Waals surface area (Å²) in [5, 5.41) is 12.8. The first kappa shape index (κ1) is 9.71. The fourth-order valence-electron chi connectivity index (χ4n) is 1.23. The van der Waals surface area contributed by atoms with Gasteiger partial charge < -0.3 is 5.11 Å². The first-order valence-corrected chi connectivity index (χ1v) is 6.02. The van der Waals surface area contributed by atoms with Gasteiger partial charge in [0.05, 0.1) is 11.6 Å². The number of aliphatic hydroxyl groups is 1. The van der Waals surface area contributed by atoms with Crippen LogP contribution in [0.2, 0.25) is 5.02 Å². The van der Waals surface area contributed by atoms with Crippen molar-refractivity contribution in [3.63, 3.8) is 0 Å². The molecule has 0 saturated heterocycles. The highest BCUT2D eigenvalue weighted by Crippen LogP contribution is 2.34. The standard InChI is InChI=1S/C9H6ClIOS/c10-9-5-1-2-13-8(5)3-7(11)6(9)4-12/h1-3,12H,4H2. The van der Waals surface area contributed by atoms with Gasteiger partial charge in [-0.3, -0.25) is 0 Å². The van der Waals surface area contributed by atoms with Crippen LogP contribution in [0.3, 0.4) is 0 Å². The van der Waals surface area contributed by atoms with E-state index in [1.165, 1.54) is 4.70 Å². The third-order valence-electron chi connectivity index (χ3n) is 1.90. The maximum Gasteiger partial charge on any atom is 0.0707 e. The summed E-state index contributed by atoms with van der Waals surface area (Å²) in [7, 11) is 0. The van der Waals surface area contributed by atoms with Crippen molar-refractivity contribution < 1.29 is 5.11 Å². The Morgan fingerprint density at radius 3 is 3.00 bits per heavy atom. The van der Waals surface area contributed by atoms with E-state index in [0.29, 0.717) is 5.02 Å². The molecular formula is C9H6ClIOS. The van der Waals surface area contributed by atoms with Crippen molar-refractivity contribution in [3.8, 4) is 0 Å². The Morgan fingerprint density at radius 1 is 1.54 bits per heavy atom. The lowest BCUT2D eigenvalue weighted by Crippen LogP contribution is -1.89. The van der Waals surface area contributed by atoms with E-state index >= 15 is 0 Å². The molecule has 13 heavy (non-hydrogen) atoms. The summed E-state index contributed by atoms with van der Waals surface area (Å²) in [5.41, 5.74) is 0.827. The average molecular weight is 325 g/mol. The van der Waals surface area contributed by atoms with E-state index in [-0.39, 0.29) is 6.61 Å². The fraction of sp³-hybridized carbons (Fsp3) is 0.111. The number of benzene rings is 1. The molecule has 0 aliphatic carbocycles. The third-order valence-corrected chi connectivity index (χ3v) is 4.16. The molecule has 0 atom stereocenters. The Balaban J connectivity index is 2.85. The lowest BCUT2D eigenvalue weighted by molar-refractivity contribution is 0.281. The normalized spacial score (nSPS) is 11.0. The summed E-state index contributed by atoms with van der Waals surface area (Å²) in [6.07, 6.45) is 0. The molecule has 0 aliphatic rings. The van der Waals surface area contributed by atoms with Crippen molar-refractivity contribution in [3.05, 3.63) is 31.7 Å². The molecule has 0 unspecified atom stereocenters. The molecule has 0 fully saturated rings. The van der Waals surface area contributed by atoms with Crippen molar-refractivity contribution >= 4 is 55.6 Å². The molecule has 68 valence electrons. The number of hydrogen-bond donors (Lipinski definition) is 1. The number of fused-ring (bicyclic) bond motifs is 1. The van der Waals surface area contributed by atoms with E-state index in [0.717, 1.165) is 14.5 Å². The summed E-state index contributed by atoms with van der Waals surface area (Å²) in [4.78, 5) is 0. The molecule has 0 bridgehead atoms.